The fourth-order valence-corrected chi connectivity index (χ4v) is 1.26. The SMILES string of the molecule is Cc1cc(NCCCCO)nc(C)n1. The molecule has 1 aromatic rings. The van der Waals surface area contributed by atoms with Crippen LogP contribution in [0.4, 0.5) is 5.82 Å². The topological polar surface area (TPSA) is 58.0 Å². The summed E-state index contributed by atoms with van der Waals surface area (Å²) in [6.07, 6.45) is 1.79. The van der Waals surface area contributed by atoms with Crippen molar-refractivity contribution in [2.45, 2.75) is 26.7 Å². The Morgan fingerprint density at radius 2 is 2.07 bits per heavy atom. The van der Waals surface area contributed by atoms with E-state index in [1.807, 2.05) is 19.9 Å². The summed E-state index contributed by atoms with van der Waals surface area (Å²) in [6, 6.07) is 1.92. The zero-order valence-electron chi connectivity index (χ0n) is 8.75. The van der Waals surface area contributed by atoms with Gasteiger partial charge in [0.25, 0.3) is 0 Å². The number of hydrogen-bond acceptors (Lipinski definition) is 4. The minimum atomic E-state index is 0.253. The zero-order chi connectivity index (χ0) is 10.4. The van der Waals surface area contributed by atoms with Crippen LogP contribution in [0, 0.1) is 13.8 Å². The molecule has 0 aliphatic rings. The molecule has 2 N–H and O–H groups in total. The second kappa shape index (κ2) is 5.54. The van der Waals surface area contributed by atoms with E-state index < -0.39 is 0 Å². The molecule has 0 aromatic carbocycles. The van der Waals surface area contributed by atoms with Crippen molar-refractivity contribution < 1.29 is 5.11 Å². The largest absolute Gasteiger partial charge is 0.396 e. The van der Waals surface area contributed by atoms with Crippen LogP contribution in [0.1, 0.15) is 24.4 Å². The fourth-order valence-electron chi connectivity index (χ4n) is 1.26. The van der Waals surface area contributed by atoms with E-state index in [1.54, 1.807) is 0 Å². The first-order valence-corrected chi connectivity index (χ1v) is 4.89. The number of rotatable bonds is 5. The Morgan fingerprint density at radius 3 is 2.71 bits per heavy atom. The molecular weight excluding hydrogens is 178 g/mol. The first-order valence-electron chi connectivity index (χ1n) is 4.89. The van der Waals surface area contributed by atoms with Crippen LogP contribution in [-0.4, -0.2) is 28.2 Å². The molecule has 1 aromatic heterocycles. The van der Waals surface area contributed by atoms with Crippen LogP contribution in [0.15, 0.2) is 6.07 Å². The van der Waals surface area contributed by atoms with E-state index in [1.165, 1.54) is 0 Å². The molecule has 0 amide bonds. The molecule has 0 saturated heterocycles. The molecule has 1 rings (SSSR count). The Balaban J connectivity index is 2.42. The fraction of sp³-hybridized carbons (Fsp3) is 0.600. The van der Waals surface area contributed by atoms with Gasteiger partial charge in [-0.25, -0.2) is 9.97 Å². The molecule has 0 radical (unpaired) electrons. The third kappa shape index (κ3) is 3.70. The molecule has 14 heavy (non-hydrogen) atoms. The molecule has 0 atom stereocenters. The summed E-state index contributed by atoms with van der Waals surface area (Å²) in [5.74, 6) is 1.66. The van der Waals surface area contributed by atoms with Crippen molar-refractivity contribution in [3.05, 3.63) is 17.6 Å². The van der Waals surface area contributed by atoms with Crippen molar-refractivity contribution in [1.82, 2.24) is 9.97 Å². The van der Waals surface area contributed by atoms with E-state index in [2.05, 4.69) is 15.3 Å². The van der Waals surface area contributed by atoms with E-state index >= 15 is 0 Å². The Morgan fingerprint density at radius 1 is 1.29 bits per heavy atom. The summed E-state index contributed by atoms with van der Waals surface area (Å²) in [4.78, 5) is 8.43. The quantitative estimate of drug-likeness (QED) is 0.695. The molecule has 0 spiro atoms. The van der Waals surface area contributed by atoms with Crippen LogP contribution in [0.5, 0.6) is 0 Å². The van der Waals surface area contributed by atoms with Gasteiger partial charge in [0.2, 0.25) is 0 Å². The van der Waals surface area contributed by atoms with Crippen molar-refractivity contribution in [1.29, 1.82) is 0 Å². The van der Waals surface area contributed by atoms with Gasteiger partial charge in [0, 0.05) is 24.9 Å². The maximum atomic E-state index is 8.60. The van der Waals surface area contributed by atoms with Crippen molar-refractivity contribution >= 4 is 5.82 Å². The third-order valence-corrected chi connectivity index (χ3v) is 1.86. The van der Waals surface area contributed by atoms with Crippen LogP contribution in [-0.2, 0) is 0 Å². The molecule has 78 valence electrons. The van der Waals surface area contributed by atoms with Gasteiger partial charge in [-0.3, -0.25) is 0 Å². The third-order valence-electron chi connectivity index (χ3n) is 1.86. The van der Waals surface area contributed by atoms with Crippen LogP contribution < -0.4 is 5.32 Å². The number of aliphatic hydroxyl groups is 1. The van der Waals surface area contributed by atoms with Gasteiger partial charge in [-0.05, 0) is 26.7 Å². The van der Waals surface area contributed by atoms with E-state index in [4.69, 9.17) is 5.11 Å². The molecular formula is C10H17N3O. The summed E-state index contributed by atoms with van der Waals surface area (Å²) in [5.41, 5.74) is 0.974. The number of anilines is 1. The Kier molecular flexibility index (Phi) is 4.32. The van der Waals surface area contributed by atoms with Crippen molar-refractivity contribution in [3.8, 4) is 0 Å². The molecule has 4 heteroatoms. The predicted molar refractivity (Wildman–Crippen MR) is 56.3 cm³/mol. The lowest BCUT2D eigenvalue weighted by Crippen LogP contribution is -2.06. The second-order valence-electron chi connectivity index (χ2n) is 3.30. The van der Waals surface area contributed by atoms with Crippen LogP contribution in [0.25, 0.3) is 0 Å². The standard InChI is InChI=1S/C10H17N3O/c1-8-7-10(13-9(2)12-8)11-5-3-4-6-14/h7,14H,3-6H2,1-2H3,(H,11,12,13). The van der Waals surface area contributed by atoms with Crippen molar-refractivity contribution in [2.24, 2.45) is 0 Å². The van der Waals surface area contributed by atoms with Gasteiger partial charge in [-0.2, -0.15) is 0 Å². The van der Waals surface area contributed by atoms with Gasteiger partial charge in [0.1, 0.15) is 11.6 Å². The second-order valence-corrected chi connectivity index (χ2v) is 3.30. The van der Waals surface area contributed by atoms with Gasteiger partial charge in [-0.15, -0.1) is 0 Å². The van der Waals surface area contributed by atoms with Crippen molar-refractivity contribution in [3.63, 3.8) is 0 Å². The van der Waals surface area contributed by atoms with Gasteiger partial charge >= 0.3 is 0 Å². The summed E-state index contributed by atoms with van der Waals surface area (Å²) >= 11 is 0. The minimum Gasteiger partial charge on any atom is -0.396 e. The lowest BCUT2D eigenvalue weighted by Gasteiger charge is -2.06. The van der Waals surface area contributed by atoms with Crippen molar-refractivity contribution in [2.75, 3.05) is 18.5 Å². The molecule has 0 saturated carbocycles. The molecule has 1 heterocycles. The van der Waals surface area contributed by atoms with Crippen LogP contribution in [0.2, 0.25) is 0 Å². The van der Waals surface area contributed by atoms with E-state index in [0.29, 0.717) is 0 Å². The first-order chi connectivity index (χ1) is 6.72. The van der Waals surface area contributed by atoms with E-state index in [-0.39, 0.29) is 6.61 Å². The molecule has 0 fully saturated rings. The van der Waals surface area contributed by atoms with Gasteiger partial charge in [0.05, 0.1) is 0 Å². The van der Waals surface area contributed by atoms with Gasteiger partial charge in [-0.1, -0.05) is 0 Å². The summed E-state index contributed by atoms with van der Waals surface area (Å²) in [6.45, 7) is 4.93. The molecule has 0 aliphatic heterocycles. The highest BCUT2D eigenvalue weighted by Gasteiger charge is 1.97. The van der Waals surface area contributed by atoms with Gasteiger partial charge in [0.15, 0.2) is 0 Å². The van der Waals surface area contributed by atoms with E-state index in [0.717, 1.165) is 36.7 Å². The predicted octanol–water partition coefficient (Wildman–Crippen LogP) is 1.28. The van der Waals surface area contributed by atoms with Crippen LogP contribution >= 0.6 is 0 Å². The first kappa shape index (κ1) is 10.9. The normalized spacial score (nSPS) is 10.2. The maximum absolute atomic E-state index is 8.60. The number of unbranched alkanes of at least 4 members (excludes halogenated alkanes) is 1. The summed E-state index contributed by atoms with van der Waals surface area (Å²) in [7, 11) is 0. The minimum absolute atomic E-state index is 0.253. The lowest BCUT2D eigenvalue weighted by molar-refractivity contribution is 0.286. The molecule has 0 bridgehead atoms. The molecule has 0 unspecified atom stereocenters. The number of hydrogen-bond donors (Lipinski definition) is 2. The van der Waals surface area contributed by atoms with Gasteiger partial charge < -0.3 is 10.4 Å². The average molecular weight is 195 g/mol. The summed E-state index contributed by atoms with van der Waals surface area (Å²) < 4.78 is 0. The highest BCUT2D eigenvalue weighted by Crippen LogP contribution is 2.05. The average Bonchev–Trinajstić information content (AvgIpc) is 2.11. The van der Waals surface area contributed by atoms with Crippen LogP contribution in [0.3, 0.4) is 0 Å². The zero-order valence-corrected chi connectivity index (χ0v) is 8.75. The Hall–Kier alpha value is -1.16. The number of nitrogens with one attached hydrogen (secondary N) is 1. The highest BCUT2D eigenvalue weighted by atomic mass is 16.2. The number of aromatic nitrogens is 2. The Bertz CT molecular complexity index is 268. The monoisotopic (exact) mass is 195 g/mol. The summed E-state index contributed by atoms with van der Waals surface area (Å²) in [5, 5.41) is 11.8. The smallest absolute Gasteiger partial charge is 0.129 e. The number of aryl methyl sites for hydroxylation is 2. The lowest BCUT2D eigenvalue weighted by atomic mass is 10.3. The molecule has 4 nitrogen and oxygen atoms in total. The Labute approximate surface area is 84.4 Å². The maximum Gasteiger partial charge on any atom is 0.129 e. The highest BCUT2D eigenvalue weighted by molar-refractivity contribution is 5.35. The van der Waals surface area contributed by atoms with E-state index in [9.17, 15) is 0 Å². The number of nitrogens with zero attached hydrogens (tertiary/aromatic N) is 2. The molecule has 0 aliphatic carbocycles. The number of aliphatic hydroxyl groups excluding tert-OH is 1.